The van der Waals surface area contributed by atoms with Crippen molar-refractivity contribution in [2.75, 3.05) is 13.1 Å². The van der Waals surface area contributed by atoms with E-state index in [0.29, 0.717) is 6.10 Å². The summed E-state index contributed by atoms with van der Waals surface area (Å²) in [7, 11) is 0. The van der Waals surface area contributed by atoms with E-state index < -0.39 is 0 Å². The standard InChI is InChI=1S/C18H37NO/c1-5-6-7-8-10-17(4)20-18(11-9-12-18)13-14-19-15-16(2)3/h16-17,19H,5-15H2,1-4H3. The maximum absolute atomic E-state index is 6.42. The van der Waals surface area contributed by atoms with Crippen molar-refractivity contribution in [2.45, 2.75) is 97.2 Å². The molecule has 2 nitrogen and oxygen atoms in total. The normalized spacial score (nSPS) is 19.1. The molecule has 0 amide bonds. The molecule has 1 fully saturated rings. The van der Waals surface area contributed by atoms with Crippen LogP contribution >= 0.6 is 0 Å². The van der Waals surface area contributed by atoms with Gasteiger partial charge in [0.1, 0.15) is 0 Å². The van der Waals surface area contributed by atoms with Gasteiger partial charge in [-0.3, -0.25) is 0 Å². The average Bonchev–Trinajstić information content (AvgIpc) is 2.36. The fourth-order valence-corrected chi connectivity index (χ4v) is 3.05. The Balaban J connectivity index is 2.16. The van der Waals surface area contributed by atoms with E-state index in [1.54, 1.807) is 0 Å². The lowest BCUT2D eigenvalue weighted by atomic mass is 9.77. The van der Waals surface area contributed by atoms with E-state index in [1.165, 1.54) is 57.8 Å². The third-order valence-electron chi connectivity index (χ3n) is 4.49. The van der Waals surface area contributed by atoms with Crippen LogP contribution in [-0.2, 0) is 4.74 Å². The van der Waals surface area contributed by atoms with Gasteiger partial charge < -0.3 is 10.1 Å². The molecule has 2 heteroatoms. The number of ether oxygens (including phenoxy) is 1. The largest absolute Gasteiger partial charge is 0.372 e. The van der Waals surface area contributed by atoms with Crippen LogP contribution in [0.2, 0.25) is 0 Å². The second-order valence-corrected chi connectivity index (χ2v) is 7.16. The predicted molar refractivity (Wildman–Crippen MR) is 88.2 cm³/mol. The fraction of sp³-hybridized carbons (Fsp3) is 1.00. The van der Waals surface area contributed by atoms with Crippen LogP contribution in [0.1, 0.15) is 85.5 Å². The maximum Gasteiger partial charge on any atom is 0.0698 e. The molecule has 0 aliphatic heterocycles. The van der Waals surface area contributed by atoms with Gasteiger partial charge in [-0.05, 0) is 58.0 Å². The van der Waals surface area contributed by atoms with Crippen molar-refractivity contribution >= 4 is 0 Å². The Kier molecular flexibility index (Phi) is 8.79. The van der Waals surface area contributed by atoms with Crippen LogP contribution in [-0.4, -0.2) is 24.8 Å². The van der Waals surface area contributed by atoms with Crippen molar-refractivity contribution in [3.8, 4) is 0 Å². The van der Waals surface area contributed by atoms with E-state index >= 15 is 0 Å². The second kappa shape index (κ2) is 9.78. The molecule has 1 N–H and O–H groups in total. The van der Waals surface area contributed by atoms with Crippen LogP contribution in [0.25, 0.3) is 0 Å². The molecule has 1 unspecified atom stereocenters. The van der Waals surface area contributed by atoms with Crippen molar-refractivity contribution in [1.82, 2.24) is 5.32 Å². The van der Waals surface area contributed by atoms with Gasteiger partial charge in [0.2, 0.25) is 0 Å². The minimum absolute atomic E-state index is 0.216. The van der Waals surface area contributed by atoms with Gasteiger partial charge in [0, 0.05) is 0 Å². The highest BCUT2D eigenvalue weighted by molar-refractivity contribution is 4.91. The van der Waals surface area contributed by atoms with Crippen molar-refractivity contribution < 1.29 is 4.74 Å². The van der Waals surface area contributed by atoms with Crippen LogP contribution in [0, 0.1) is 5.92 Å². The molecule has 20 heavy (non-hydrogen) atoms. The molecule has 1 aliphatic rings. The zero-order chi connectivity index (χ0) is 14.8. The van der Waals surface area contributed by atoms with Gasteiger partial charge >= 0.3 is 0 Å². The highest BCUT2D eigenvalue weighted by Gasteiger charge is 2.38. The van der Waals surface area contributed by atoms with Gasteiger partial charge in [0.25, 0.3) is 0 Å². The van der Waals surface area contributed by atoms with E-state index in [9.17, 15) is 0 Å². The van der Waals surface area contributed by atoms with Crippen LogP contribution < -0.4 is 5.32 Å². The molecule has 0 spiro atoms. The summed E-state index contributed by atoms with van der Waals surface area (Å²) in [4.78, 5) is 0. The molecule has 0 aromatic carbocycles. The van der Waals surface area contributed by atoms with Crippen LogP contribution in [0.3, 0.4) is 0 Å². The number of unbranched alkanes of at least 4 members (excludes halogenated alkanes) is 3. The summed E-state index contributed by atoms with van der Waals surface area (Å²) in [5.41, 5.74) is 0.216. The Hall–Kier alpha value is -0.0800. The monoisotopic (exact) mass is 283 g/mol. The summed E-state index contributed by atoms with van der Waals surface area (Å²) in [6.45, 7) is 11.3. The average molecular weight is 284 g/mol. The first-order valence-electron chi connectivity index (χ1n) is 8.96. The van der Waals surface area contributed by atoms with E-state index in [2.05, 4.69) is 33.0 Å². The molecule has 1 rings (SSSR count). The number of hydrogen-bond donors (Lipinski definition) is 1. The molecule has 0 radical (unpaired) electrons. The van der Waals surface area contributed by atoms with Gasteiger partial charge in [-0.1, -0.05) is 46.5 Å². The Morgan fingerprint density at radius 3 is 2.40 bits per heavy atom. The SMILES string of the molecule is CCCCCCC(C)OC1(CCNCC(C)C)CCC1. The predicted octanol–water partition coefficient (Wildman–Crippen LogP) is 4.92. The van der Waals surface area contributed by atoms with E-state index in [1.807, 2.05) is 0 Å². The van der Waals surface area contributed by atoms with Gasteiger partial charge in [0.15, 0.2) is 0 Å². The number of hydrogen-bond acceptors (Lipinski definition) is 2. The molecule has 0 aromatic heterocycles. The Bertz CT molecular complexity index is 236. The molecule has 1 aliphatic carbocycles. The van der Waals surface area contributed by atoms with Gasteiger partial charge in [-0.15, -0.1) is 0 Å². The minimum atomic E-state index is 0.216. The Morgan fingerprint density at radius 2 is 1.85 bits per heavy atom. The lowest BCUT2D eigenvalue weighted by Crippen LogP contribution is -2.45. The Labute approximate surface area is 127 Å². The third-order valence-corrected chi connectivity index (χ3v) is 4.49. The number of nitrogens with one attached hydrogen (secondary N) is 1. The summed E-state index contributed by atoms with van der Waals surface area (Å²) >= 11 is 0. The van der Waals surface area contributed by atoms with Gasteiger partial charge in [0.05, 0.1) is 11.7 Å². The van der Waals surface area contributed by atoms with Crippen molar-refractivity contribution in [2.24, 2.45) is 5.92 Å². The van der Waals surface area contributed by atoms with Crippen molar-refractivity contribution in [1.29, 1.82) is 0 Å². The lowest BCUT2D eigenvalue weighted by molar-refractivity contribution is -0.139. The molecular formula is C18H37NO. The first kappa shape index (κ1) is 18.0. The smallest absolute Gasteiger partial charge is 0.0698 e. The summed E-state index contributed by atoms with van der Waals surface area (Å²) in [6, 6.07) is 0. The summed E-state index contributed by atoms with van der Waals surface area (Å²) in [6.07, 6.45) is 12.2. The van der Waals surface area contributed by atoms with Crippen LogP contribution in [0.4, 0.5) is 0 Å². The highest BCUT2D eigenvalue weighted by Crippen LogP contribution is 2.39. The summed E-state index contributed by atoms with van der Waals surface area (Å²) in [5.74, 6) is 0.741. The summed E-state index contributed by atoms with van der Waals surface area (Å²) < 4.78 is 6.42. The van der Waals surface area contributed by atoms with Crippen molar-refractivity contribution in [3.05, 3.63) is 0 Å². The van der Waals surface area contributed by atoms with Gasteiger partial charge in [-0.2, -0.15) is 0 Å². The molecule has 0 heterocycles. The summed E-state index contributed by atoms with van der Waals surface area (Å²) in [5, 5.41) is 3.56. The molecule has 0 saturated heterocycles. The maximum atomic E-state index is 6.42. The van der Waals surface area contributed by atoms with Crippen LogP contribution in [0.15, 0.2) is 0 Å². The first-order chi connectivity index (χ1) is 9.58. The molecule has 1 atom stereocenters. The molecular weight excluding hydrogens is 246 g/mol. The zero-order valence-corrected chi connectivity index (χ0v) is 14.3. The van der Waals surface area contributed by atoms with E-state index in [0.717, 1.165) is 19.0 Å². The number of rotatable bonds is 12. The fourth-order valence-electron chi connectivity index (χ4n) is 3.05. The second-order valence-electron chi connectivity index (χ2n) is 7.16. The Morgan fingerprint density at radius 1 is 1.10 bits per heavy atom. The topological polar surface area (TPSA) is 21.3 Å². The quantitative estimate of drug-likeness (QED) is 0.513. The van der Waals surface area contributed by atoms with E-state index in [-0.39, 0.29) is 5.60 Å². The van der Waals surface area contributed by atoms with Crippen molar-refractivity contribution in [3.63, 3.8) is 0 Å². The van der Waals surface area contributed by atoms with Gasteiger partial charge in [-0.25, -0.2) is 0 Å². The van der Waals surface area contributed by atoms with Crippen LogP contribution in [0.5, 0.6) is 0 Å². The molecule has 120 valence electrons. The molecule has 0 bridgehead atoms. The lowest BCUT2D eigenvalue weighted by Gasteiger charge is -2.44. The first-order valence-corrected chi connectivity index (χ1v) is 8.96. The zero-order valence-electron chi connectivity index (χ0n) is 14.3. The van der Waals surface area contributed by atoms with E-state index in [4.69, 9.17) is 4.74 Å². The highest BCUT2D eigenvalue weighted by atomic mass is 16.5. The molecule has 0 aromatic rings. The molecule has 1 saturated carbocycles. The minimum Gasteiger partial charge on any atom is -0.372 e. The third kappa shape index (κ3) is 7.08.